The number of benzene rings is 2. The number of methoxy groups -OCH3 is 1. The summed E-state index contributed by atoms with van der Waals surface area (Å²) < 4.78 is 11.0. The van der Waals surface area contributed by atoms with Gasteiger partial charge in [0.2, 0.25) is 5.91 Å². The van der Waals surface area contributed by atoms with Gasteiger partial charge in [-0.2, -0.15) is 0 Å². The van der Waals surface area contributed by atoms with Gasteiger partial charge in [-0.1, -0.05) is 62.2 Å². The third-order valence-corrected chi connectivity index (χ3v) is 5.59. The van der Waals surface area contributed by atoms with Gasteiger partial charge in [-0.05, 0) is 36.6 Å². The van der Waals surface area contributed by atoms with Crippen LogP contribution in [0.3, 0.4) is 0 Å². The molecule has 0 spiro atoms. The summed E-state index contributed by atoms with van der Waals surface area (Å²) in [5.74, 6) is 0.653. The van der Waals surface area contributed by atoms with Crippen LogP contribution in [0.25, 0.3) is 0 Å². The van der Waals surface area contributed by atoms with Crippen molar-refractivity contribution in [1.29, 1.82) is 0 Å². The second-order valence-corrected chi connectivity index (χ2v) is 8.54. The second-order valence-electron chi connectivity index (χ2n) is 7.72. The fraction of sp³-hybridized carbons (Fsp3) is 0.417. The quantitative estimate of drug-likeness (QED) is 0.493. The molecule has 2 amide bonds. The molecule has 2 aromatic rings. The van der Waals surface area contributed by atoms with Gasteiger partial charge in [-0.25, -0.2) is 0 Å². The number of para-hydroxylation sites is 2. The molecule has 0 saturated heterocycles. The van der Waals surface area contributed by atoms with E-state index in [0.717, 1.165) is 0 Å². The van der Waals surface area contributed by atoms with E-state index in [1.807, 2.05) is 26.8 Å². The summed E-state index contributed by atoms with van der Waals surface area (Å²) in [6.07, 6.45) is 0.423. The normalized spacial score (nSPS) is 11.7. The highest BCUT2D eigenvalue weighted by Gasteiger charge is 2.30. The first-order valence-corrected chi connectivity index (χ1v) is 11.3. The zero-order valence-corrected chi connectivity index (χ0v) is 20.4. The number of ether oxygens (including phenoxy) is 2. The highest BCUT2D eigenvalue weighted by Crippen LogP contribution is 2.28. The summed E-state index contributed by atoms with van der Waals surface area (Å²) in [6, 6.07) is 11.5. The number of hydrogen-bond acceptors (Lipinski definition) is 4. The third kappa shape index (κ3) is 7.04. The maximum atomic E-state index is 13.3. The lowest BCUT2D eigenvalue weighted by molar-refractivity contribution is -0.143. The van der Waals surface area contributed by atoms with Crippen molar-refractivity contribution in [2.45, 2.75) is 39.8 Å². The molecule has 0 radical (unpaired) electrons. The van der Waals surface area contributed by atoms with Crippen LogP contribution >= 0.6 is 23.2 Å². The van der Waals surface area contributed by atoms with Crippen LogP contribution in [0.2, 0.25) is 10.0 Å². The molecule has 1 atom stereocenters. The Morgan fingerprint density at radius 3 is 2.22 bits per heavy atom. The zero-order chi connectivity index (χ0) is 23.7. The van der Waals surface area contributed by atoms with Crippen molar-refractivity contribution < 1.29 is 19.1 Å². The van der Waals surface area contributed by atoms with Gasteiger partial charge in [-0.3, -0.25) is 9.59 Å². The van der Waals surface area contributed by atoms with Crippen LogP contribution in [0.4, 0.5) is 0 Å². The highest BCUT2D eigenvalue weighted by atomic mass is 35.5. The molecule has 0 unspecified atom stereocenters. The van der Waals surface area contributed by atoms with E-state index in [2.05, 4.69) is 5.32 Å². The van der Waals surface area contributed by atoms with Gasteiger partial charge < -0.3 is 19.7 Å². The summed E-state index contributed by atoms with van der Waals surface area (Å²) in [7, 11) is 1.53. The predicted molar refractivity (Wildman–Crippen MR) is 127 cm³/mol. The molecule has 0 bridgehead atoms. The Hall–Kier alpha value is -2.44. The van der Waals surface area contributed by atoms with Crippen LogP contribution < -0.4 is 14.8 Å². The minimum absolute atomic E-state index is 0.0836. The highest BCUT2D eigenvalue weighted by molar-refractivity contribution is 6.36. The summed E-state index contributed by atoms with van der Waals surface area (Å²) in [6.45, 7) is 6.21. The lowest BCUT2D eigenvalue weighted by Gasteiger charge is -2.31. The van der Waals surface area contributed by atoms with Crippen molar-refractivity contribution >= 4 is 35.0 Å². The van der Waals surface area contributed by atoms with E-state index in [0.29, 0.717) is 40.1 Å². The van der Waals surface area contributed by atoms with Crippen molar-refractivity contribution in [3.63, 3.8) is 0 Å². The van der Waals surface area contributed by atoms with Gasteiger partial charge in [0, 0.05) is 28.7 Å². The molecular formula is C24H30Cl2N2O4. The topological polar surface area (TPSA) is 67.9 Å². The molecule has 0 fully saturated rings. The molecule has 0 heterocycles. The molecule has 2 rings (SSSR count). The van der Waals surface area contributed by atoms with Gasteiger partial charge in [0.1, 0.15) is 6.04 Å². The summed E-state index contributed by atoms with van der Waals surface area (Å²) >= 11 is 12.7. The number of amides is 2. The van der Waals surface area contributed by atoms with E-state index in [9.17, 15) is 9.59 Å². The number of carbonyl (C=O) groups is 2. The Balaban J connectivity index is 2.29. The Bertz CT molecular complexity index is 900. The van der Waals surface area contributed by atoms with Gasteiger partial charge in [-0.15, -0.1) is 0 Å². The van der Waals surface area contributed by atoms with Gasteiger partial charge in [0.15, 0.2) is 18.1 Å². The number of carbonyl (C=O) groups excluding carboxylic acids is 2. The first kappa shape index (κ1) is 25.8. The molecule has 0 aliphatic rings. The molecule has 1 N–H and O–H groups in total. The van der Waals surface area contributed by atoms with Crippen LogP contribution in [0, 0.1) is 5.92 Å². The minimum Gasteiger partial charge on any atom is -0.493 e. The number of rotatable bonds is 11. The second kappa shape index (κ2) is 12.6. The summed E-state index contributed by atoms with van der Waals surface area (Å²) in [5, 5.41) is 3.77. The van der Waals surface area contributed by atoms with E-state index in [4.69, 9.17) is 32.7 Å². The van der Waals surface area contributed by atoms with Gasteiger partial charge in [0.25, 0.3) is 5.91 Å². The van der Waals surface area contributed by atoms with Crippen LogP contribution in [0.5, 0.6) is 11.5 Å². The van der Waals surface area contributed by atoms with Crippen LogP contribution in [-0.2, 0) is 16.1 Å². The van der Waals surface area contributed by atoms with Crippen LogP contribution in [0.1, 0.15) is 32.8 Å². The number of nitrogens with one attached hydrogen (secondary N) is 1. The Labute approximate surface area is 199 Å². The first-order chi connectivity index (χ1) is 15.3. The Morgan fingerprint density at radius 2 is 1.66 bits per heavy atom. The lowest BCUT2D eigenvalue weighted by atomic mass is 10.1. The third-order valence-electron chi connectivity index (χ3n) is 4.88. The Morgan fingerprint density at radius 1 is 1.03 bits per heavy atom. The maximum Gasteiger partial charge on any atom is 0.261 e. The first-order valence-electron chi connectivity index (χ1n) is 10.5. The average Bonchev–Trinajstić information content (AvgIpc) is 2.77. The molecule has 2 aromatic carbocycles. The number of hydrogen-bond donors (Lipinski definition) is 1. The minimum atomic E-state index is -0.699. The molecule has 8 heteroatoms. The molecule has 0 aliphatic heterocycles. The molecular weight excluding hydrogens is 451 g/mol. The largest absolute Gasteiger partial charge is 0.493 e. The average molecular weight is 481 g/mol. The zero-order valence-electron chi connectivity index (χ0n) is 18.9. The SMILES string of the molecule is CC[C@@H](C(=O)NCC(C)C)N(Cc1c(Cl)cccc1Cl)C(=O)COc1ccccc1OC. The molecule has 32 heavy (non-hydrogen) atoms. The standard InChI is InChI=1S/C24H30Cl2N2O4/c1-5-20(24(30)27-13-16(2)3)28(14-17-18(25)9-8-10-19(17)26)23(29)15-32-22-12-7-6-11-21(22)31-4/h6-12,16,20H,5,13-15H2,1-4H3,(H,27,30)/t20-/m0/s1. The van der Waals surface area contributed by atoms with Crippen LogP contribution in [-0.4, -0.2) is 43.0 Å². The number of nitrogens with zero attached hydrogens (tertiary/aromatic N) is 1. The van der Waals surface area contributed by atoms with Crippen molar-refractivity contribution in [1.82, 2.24) is 10.2 Å². The molecule has 0 saturated carbocycles. The van der Waals surface area contributed by atoms with Crippen molar-refractivity contribution in [2.24, 2.45) is 5.92 Å². The van der Waals surface area contributed by atoms with Crippen LogP contribution in [0.15, 0.2) is 42.5 Å². The van der Waals surface area contributed by atoms with Crippen molar-refractivity contribution in [2.75, 3.05) is 20.3 Å². The Kier molecular flexibility index (Phi) is 10.1. The smallest absolute Gasteiger partial charge is 0.261 e. The fourth-order valence-corrected chi connectivity index (χ4v) is 3.67. The van der Waals surface area contributed by atoms with E-state index >= 15 is 0 Å². The fourth-order valence-electron chi connectivity index (χ4n) is 3.16. The van der Waals surface area contributed by atoms with Gasteiger partial charge >= 0.3 is 0 Å². The molecule has 6 nitrogen and oxygen atoms in total. The van der Waals surface area contributed by atoms with Crippen molar-refractivity contribution in [3.8, 4) is 11.5 Å². The van der Waals surface area contributed by atoms with Gasteiger partial charge in [0.05, 0.1) is 7.11 Å². The summed E-state index contributed by atoms with van der Waals surface area (Å²) in [5.41, 5.74) is 0.580. The monoisotopic (exact) mass is 480 g/mol. The lowest BCUT2D eigenvalue weighted by Crippen LogP contribution is -2.50. The summed E-state index contributed by atoms with van der Waals surface area (Å²) in [4.78, 5) is 27.7. The molecule has 0 aromatic heterocycles. The van der Waals surface area contributed by atoms with E-state index in [-0.39, 0.29) is 30.9 Å². The van der Waals surface area contributed by atoms with Crippen molar-refractivity contribution in [3.05, 3.63) is 58.1 Å². The van der Waals surface area contributed by atoms with E-state index in [1.54, 1.807) is 36.4 Å². The number of halogens is 2. The van der Waals surface area contributed by atoms with E-state index < -0.39 is 6.04 Å². The van der Waals surface area contributed by atoms with E-state index in [1.165, 1.54) is 12.0 Å². The maximum absolute atomic E-state index is 13.3. The predicted octanol–water partition coefficient (Wildman–Crippen LogP) is 4.96. The molecule has 0 aliphatic carbocycles. The molecule has 174 valence electrons.